The van der Waals surface area contributed by atoms with Crippen molar-refractivity contribution in [3.63, 3.8) is 0 Å². The summed E-state index contributed by atoms with van der Waals surface area (Å²) in [5.74, 6) is -0.0288. The van der Waals surface area contributed by atoms with Gasteiger partial charge >= 0.3 is 6.18 Å². The highest BCUT2D eigenvalue weighted by atomic mass is 35.5. The highest BCUT2D eigenvalue weighted by Gasteiger charge is 2.33. The van der Waals surface area contributed by atoms with Crippen molar-refractivity contribution < 1.29 is 22.8 Å². The zero-order valence-electron chi connectivity index (χ0n) is 15.0. The second-order valence-electron chi connectivity index (χ2n) is 6.51. The number of nitrogens with one attached hydrogen (secondary N) is 1. The van der Waals surface area contributed by atoms with E-state index in [4.69, 9.17) is 17.3 Å². The first kappa shape index (κ1) is 21.4. The lowest BCUT2D eigenvalue weighted by atomic mass is 10.2. The van der Waals surface area contributed by atoms with Crippen LogP contribution in [0.3, 0.4) is 0 Å². The van der Waals surface area contributed by atoms with E-state index < -0.39 is 28.6 Å². The number of benzene rings is 1. The van der Waals surface area contributed by atoms with Crippen molar-refractivity contribution in [3.8, 4) is 0 Å². The predicted octanol–water partition coefficient (Wildman–Crippen LogP) is 3.43. The highest BCUT2D eigenvalue weighted by Crippen LogP contribution is 2.40. The third-order valence-electron chi connectivity index (χ3n) is 4.16. The van der Waals surface area contributed by atoms with E-state index in [-0.39, 0.29) is 23.8 Å². The predicted molar refractivity (Wildman–Crippen MR) is 102 cm³/mol. The van der Waals surface area contributed by atoms with E-state index in [9.17, 15) is 22.8 Å². The molecule has 0 bridgehead atoms. The van der Waals surface area contributed by atoms with Gasteiger partial charge in [-0.1, -0.05) is 23.4 Å². The molecule has 156 valence electrons. The maximum atomic E-state index is 12.9. The molecule has 1 aromatic carbocycles. The van der Waals surface area contributed by atoms with Crippen molar-refractivity contribution >= 4 is 40.9 Å². The fourth-order valence-electron chi connectivity index (χ4n) is 2.63. The number of aromatic nitrogens is 3. The van der Waals surface area contributed by atoms with E-state index in [1.54, 1.807) is 4.57 Å². The van der Waals surface area contributed by atoms with Crippen LogP contribution in [0.1, 0.15) is 36.6 Å². The van der Waals surface area contributed by atoms with Crippen LogP contribution < -0.4 is 11.1 Å². The molecule has 0 radical (unpaired) electrons. The molecule has 1 aromatic heterocycles. The Bertz CT molecular complexity index is 930. The van der Waals surface area contributed by atoms with Crippen LogP contribution in [-0.2, 0) is 22.3 Å². The van der Waals surface area contributed by atoms with Crippen molar-refractivity contribution in [2.45, 2.75) is 43.1 Å². The van der Waals surface area contributed by atoms with Crippen LogP contribution in [0.5, 0.6) is 0 Å². The molecule has 1 aliphatic rings. The number of amides is 2. The van der Waals surface area contributed by atoms with E-state index in [0.717, 1.165) is 42.6 Å². The van der Waals surface area contributed by atoms with E-state index in [2.05, 4.69) is 15.5 Å². The molecule has 3 rings (SSSR count). The smallest absolute Gasteiger partial charge is 0.370 e. The molecule has 0 atom stereocenters. The first-order valence-corrected chi connectivity index (χ1v) is 10.0. The molecule has 2 amide bonds. The molecule has 0 spiro atoms. The van der Waals surface area contributed by atoms with Gasteiger partial charge in [0.15, 0.2) is 5.16 Å². The minimum atomic E-state index is -4.62. The van der Waals surface area contributed by atoms with Gasteiger partial charge in [0.2, 0.25) is 11.8 Å². The minimum absolute atomic E-state index is 0.0128. The molecule has 1 aliphatic carbocycles. The van der Waals surface area contributed by atoms with Gasteiger partial charge in [0, 0.05) is 24.6 Å². The highest BCUT2D eigenvalue weighted by molar-refractivity contribution is 7.99. The van der Waals surface area contributed by atoms with Crippen LogP contribution in [0, 0.1) is 0 Å². The number of anilines is 1. The Balaban J connectivity index is 1.65. The molecule has 12 heteroatoms. The molecule has 0 saturated heterocycles. The van der Waals surface area contributed by atoms with Crippen LogP contribution in [-0.4, -0.2) is 32.3 Å². The second kappa shape index (κ2) is 8.62. The number of primary amides is 1. The molecule has 1 fully saturated rings. The van der Waals surface area contributed by atoms with Gasteiger partial charge in [-0.25, -0.2) is 0 Å². The average molecular weight is 448 g/mol. The summed E-state index contributed by atoms with van der Waals surface area (Å²) in [6.45, 7) is 0.310. The van der Waals surface area contributed by atoms with E-state index in [1.165, 1.54) is 6.07 Å². The lowest BCUT2D eigenvalue weighted by molar-refractivity contribution is -0.137. The summed E-state index contributed by atoms with van der Waals surface area (Å²) in [5.41, 5.74) is 4.17. The van der Waals surface area contributed by atoms with Crippen molar-refractivity contribution in [3.05, 3.63) is 34.6 Å². The number of halogens is 4. The van der Waals surface area contributed by atoms with Crippen molar-refractivity contribution in [1.82, 2.24) is 14.8 Å². The molecule has 1 heterocycles. The zero-order chi connectivity index (χ0) is 21.2. The number of nitrogens with two attached hydrogens (primary N) is 1. The summed E-state index contributed by atoms with van der Waals surface area (Å²) in [6.07, 6.45) is -2.54. The summed E-state index contributed by atoms with van der Waals surface area (Å²) in [5, 5.41) is 10.6. The third-order valence-corrected chi connectivity index (χ3v) is 5.45. The standard InChI is InChI=1S/C17H17ClF3N5O2S/c18-12-4-3-10(7-11(12)17(19,20)21)23-14(28)8-29-16-25-24-15(9-1-2-9)26(16)6-5-13(22)27/h3-4,7,9H,1-2,5-6,8H2,(H2,22,27)(H,23,28). The lowest BCUT2D eigenvalue weighted by Crippen LogP contribution is -2.17. The molecule has 0 aliphatic heterocycles. The Morgan fingerprint density at radius 3 is 2.66 bits per heavy atom. The summed E-state index contributed by atoms with van der Waals surface area (Å²) < 4.78 is 40.6. The van der Waals surface area contributed by atoms with Crippen LogP contribution in [0.15, 0.2) is 23.4 Å². The van der Waals surface area contributed by atoms with Gasteiger partial charge in [0.25, 0.3) is 0 Å². The van der Waals surface area contributed by atoms with Gasteiger partial charge in [-0.05, 0) is 31.0 Å². The van der Waals surface area contributed by atoms with Gasteiger partial charge in [-0.2, -0.15) is 13.2 Å². The van der Waals surface area contributed by atoms with Gasteiger partial charge in [0.1, 0.15) is 5.82 Å². The number of alkyl halides is 3. The van der Waals surface area contributed by atoms with E-state index in [1.807, 2.05) is 0 Å². The lowest BCUT2D eigenvalue weighted by Gasteiger charge is -2.12. The summed E-state index contributed by atoms with van der Waals surface area (Å²) >= 11 is 6.66. The Hall–Kier alpha value is -2.27. The number of carbonyl (C=O) groups is 2. The monoisotopic (exact) mass is 447 g/mol. The van der Waals surface area contributed by atoms with Gasteiger partial charge in [-0.3, -0.25) is 9.59 Å². The number of thioether (sulfide) groups is 1. The normalized spacial score (nSPS) is 14.1. The number of nitrogens with zero attached hydrogens (tertiary/aromatic N) is 3. The molecule has 3 N–H and O–H groups in total. The molecule has 1 saturated carbocycles. The second-order valence-corrected chi connectivity index (χ2v) is 7.86. The zero-order valence-corrected chi connectivity index (χ0v) is 16.6. The molecular formula is C17H17ClF3N5O2S. The number of rotatable bonds is 8. The van der Waals surface area contributed by atoms with Crippen molar-refractivity contribution in [1.29, 1.82) is 0 Å². The topological polar surface area (TPSA) is 103 Å². The third kappa shape index (κ3) is 5.63. The average Bonchev–Trinajstić information content (AvgIpc) is 3.39. The van der Waals surface area contributed by atoms with Crippen LogP contribution >= 0.6 is 23.4 Å². The fraction of sp³-hybridized carbons (Fsp3) is 0.412. The maximum Gasteiger partial charge on any atom is 0.417 e. The molecule has 2 aromatic rings. The van der Waals surface area contributed by atoms with Crippen LogP contribution in [0.2, 0.25) is 5.02 Å². The van der Waals surface area contributed by atoms with Crippen LogP contribution in [0.25, 0.3) is 0 Å². The Kier molecular flexibility index (Phi) is 6.37. The summed E-state index contributed by atoms with van der Waals surface area (Å²) in [6, 6.07) is 3.15. The molecule has 29 heavy (non-hydrogen) atoms. The van der Waals surface area contributed by atoms with Gasteiger partial charge < -0.3 is 15.6 Å². The number of carbonyl (C=O) groups excluding carboxylic acids is 2. The van der Waals surface area contributed by atoms with Gasteiger partial charge in [0.05, 0.1) is 16.3 Å². The maximum absolute atomic E-state index is 12.9. The largest absolute Gasteiger partial charge is 0.417 e. The molecule has 7 nitrogen and oxygen atoms in total. The minimum Gasteiger partial charge on any atom is -0.370 e. The Morgan fingerprint density at radius 2 is 2.03 bits per heavy atom. The Morgan fingerprint density at radius 1 is 1.31 bits per heavy atom. The fourth-order valence-corrected chi connectivity index (χ4v) is 3.63. The number of hydrogen-bond donors (Lipinski definition) is 2. The van der Waals surface area contributed by atoms with Gasteiger partial charge in [-0.15, -0.1) is 10.2 Å². The van der Waals surface area contributed by atoms with E-state index >= 15 is 0 Å². The number of hydrogen-bond acceptors (Lipinski definition) is 5. The summed E-state index contributed by atoms with van der Waals surface area (Å²) in [7, 11) is 0. The van der Waals surface area contributed by atoms with Crippen molar-refractivity contribution in [2.75, 3.05) is 11.1 Å². The first-order chi connectivity index (χ1) is 13.6. The van der Waals surface area contributed by atoms with Crippen molar-refractivity contribution in [2.24, 2.45) is 5.73 Å². The SMILES string of the molecule is NC(=O)CCn1c(SCC(=O)Nc2ccc(Cl)c(C(F)(F)F)c2)nnc1C1CC1. The van der Waals surface area contributed by atoms with Crippen LogP contribution in [0.4, 0.5) is 18.9 Å². The first-order valence-electron chi connectivity index (χ1n) is 8.66. The molecule has 0 unspecified atom stereocenters. The Labute approximate surface area is 173 Å². The molecular weight excluding hydrogens is 431 g/mol. The quantitative estimate of drug-likeness (QED) is 0.603. The van der Waals surface area contributed by atoms with E-state index in [0.29, 0.717) is 11.7 Å². The summed E-state index contributed by atoms with van der Waals surface area (Å²) in [4.78, 5) is 23.3.